The molecule has 0 spiro atoms. The molecule has 0 saturated heterocycles. The number of aliphatic hydroxyl groups is 1. The Morgan fingerprint density at radius 1 is 1.06 bits per heavy atom. The second-order valence-corrected chi connectivity index (χ2v) is 12.8. The van der Waals surface area contributed by atoms with Gasteiger partial charge >= 0.3 is 0 Å². The minimum atomic E-state index is -0.798. The van der Waals surface area contributed by atoms with Crippen molar-refractivity contribution in [3.05, 3.63) is 11.9 Å². The van der Waals surface area contributed by atoms with Crippen LogP contribution in [0.1, 0.15) is 98.3 Å². The third-order valence-corrected chi connectivity index (χ3v) is 11.0. The zero-order valence-electron chi connectivity index (χ0n) is 21.2. The minimum Gasteiger partial charge on any atom is -0.403 e. The summed E-state index contributed by atoms with van der Waals surface area (Å²) in [5.74, 6) is 4.74. The van der Waals surface area contributed by atoms with Gasteiger partial charge in [0.2, 0.25) is 0 Å². The van der Waals surface area contributed by atoms with Gasteiger partial charge in [-0.25, -0.2) is 0 Å². The molecule has 4 aliphatic carbocycles. The number of nitrogens with two attached hydrogens (primary N) is 2. The molecule has 0 aliphatic heterocycles. The van der Waals surface area contributed by atoms with Crippen LogP contribution in [0.5, 0.6) is 0 Å². The van der Waals surface area contributed by atoms with Crippen LogP contribution < -0.4 is 11.5 Å². The van der Waals surface area contributed by atoms with Gasteiger partial charge in [-0.2, -0.15) is 0 Å². The number of fused-ring (bicyclic) bond motifs is 5. The van der Waals surface area contributed by atoms with Crippen molar-refractivity contribution >= 4 is 6.21 Å². The van der Waals surface area contributed by atoms with Gasteiger partial charge in [-0.1, -0.05) is 40.0 Å². The molecule has 0 amide bonds. The lowest BCUT2D eigenvalue weighted by Crippen LogP contribution is -2.59. The highest BCUT2D eigenvalue weighted by molar-refractivity contribution is 5.76. The van der Waals surface area contributed by atoms with Crippen LogP contribution in [-0.2, 0) is 0 Å². The summed E-state index contributed by atoms with van der Waals surface area (Å²) in [6.07, 6.45) is 17.9. The van der Waals surface area contributed by atoms with Crippen LogP contribution >= 0.6 is 0 Å². The highest BCUT2D eigenvalue weighted by atomic mass is 16.3. The highest BCUT2D eigenvalue weighted by Gasteiger charge is 2.60. The average molecular weight is 444 g/mol. The highest BCUT2D eigenvalue weighted by Crippen LogP contribution is 2.66. The van der Waals surface area contributed by atoms with E-state index in [-0.39, 0.29) is 5.41 Å². The molecule has 4 heteroatoms. The Balaban J connectivity index is 1.53. The molecule has 4 saturated carbocycles. The van der Waals surface area contributed by atoms with Crippen molar-refractivity contribution in [1.82, 2.24) is 0 Å². The van der Waals surface area contributed by atoms with Crippen molar-refractivity contribution in [3.63, 3.8) is 0 Å². The third-order valence-electron chi connectivity index (χ3n) is 11.0. The van der Waals surface area contributed by atoms with Crippen LogP contribution in [0.4, 0.5) is 0 Å². The summed E-state index contributed by atoms with van der Waals surface area (Å²) >= 11 is 0. The summed E-state index contributed by atoms with van der Waals surface area (Å²) in [6.45, 7) is 9.97. The van der Waals surface area contributed by atoms with E-state index < -0.39 is 5.60 Å². The monoisotopic (exact) mass is 443 g/mol. The molecule has 32 heavy (non-hydrogen) atoms. The molecule has 4 aliphatic rings. The summed E-state index contributed by atoms with van der Waals surface area (Å²) < 4.78 is 0. The summed E-state index contributed by atoms with van der Waals surface area (Å²) in [7, 11) is 0. The quantitative estimate of drug-likeness (QED) is 0.481. The zero-order chi connectivity index (χ0) is 23.1. The Hall–Kier alpha value is -1.03. The standard InChI is InChI=1S/C28H49N3O/c1-5-19-9-10-23-21-12-14-27(3)24(22(21)11-13-26(23,2)15-19)7-6-8-25(27)28(4,32)18-31-17-20(30)16-29/h16-17,19,21-25,32H,5-15,18,29-30H2,1-4H3/t19-,21?,22+,23+,24?,25?,26+,27-,28-/m0/s1. The van der Waals surface area contributed by atoms with Gasteiger partial charge in [0, 0.05) is 12.4 Å². The molecule has 0 bridgehead atoms. The van der Waals surface area contributed by atoms with Crippen molar-refractivity contribution in [2.75, 3.05) is 6.54 Å². The Morgan fingerprint density at radius 2 is 1.78 bits per heavy atom. The molecular formula is C28H49N3O. The van der Waals surface area contributed by atoms with Crippen LogP contribution in [0.3, 0.4) is 0 Å². The molecule has 0 radical (unpaired) electrons. The van der Waals surface area contributed by atoms with E-state index in [1.54, 1.807) is 6.21 Å². The second-order valence-electron chi connectivity index (χ2n) is 12.8. The predicted octanol–water partition coefficient (Wildman–Crippen LogP) is 5.64. The molecule has 4 rings (SSSR count). The first kappa shape index (κ1) is 24.1. The molecule has 0 heterocycles. The molecular weight excluding hydrogens is 394 g/mol. The van der Waals surface area contributed by atoms with Crippen molar-refractivity contribution in [3.8, 4) is 0 Å². The lowest BCUT2D eigenvalue weighted by molar-refractivity contribution is -0.169. The maximum absolute atomic E-state index is 11.6. The van der Waals surface area contributed by atoms with Crippen LogP contribution in [-0.4, -0.2) is 23.5 Å². The van der Waals surface area contributed by atoms with E-state index in [1.165, 1.54) is 70.4 Å². The number of aliphatic imine (C=N–C) groups is 1. The molecule has 0 aromatic carbocycles. The Bertz CT molecular complexity index is 730. The van der Waals surface area contributed by atoms with Crippen molar-refractivity contribution in [2.45, 2.75) is 104 Å². The fraction of sp³-hybridized carbons (Fsp3) is 0.893. The minimum absolute atomic E-state index is 0.224. The van der Waals surface area contributed by atoms with E-state index in [2.05, 4.69) is 25.8 Å². The van der Waals surface area contributed by atoms with Crippen LogP contribution in [0.25, 0.3) is 0 Å². The largest absolute Gasteiger partial charge is 0.403 e. The van der Waals surface area contributed by atoms with E-state index in [1.807, 2.05) is 6.92 Å². The Morgan fingerprint density at radius 3 is 2.50 bits per heavy atom. The number of hydrogen-bond acceptors (Lipinski definition) is 4. The fourth-order valence-corrected chi connectivity index (χ4v) is 9.48. The van der Waals surface area contributed by atoms with Gasteiger partial charge in [-0.3, -0.25) is 4.99 Å². The Kier molecular flexibility index (Phi) is 6.75. The van der Waals surface area contributed by atoms with Crippen LogP contribution in [0, 0.1) is 46.3 Å². The predicted molar refractivity (Wildman–Crippen MR) is 134 cm³/mol. The SMILES string of the molecule is CC[C@H]1CC[C@@H]2C3CC[C@@]4(C)C(CCCC4[C@@](C)(O)CN=CC(N)=CN)[C@@H]3CC[C@]2(C)C1. The summed E-state index contributed by atoms with van der Waals surface area (Å²) in [5, 5.41) is 11.6. The van der Waals surface area contributed by atoms with Gasteiger partial charge in [0.05, 0.1) is 17.8 Å². The molecule has 0 aromatic rings. The van der Waals surface area contributed by atoms with E-state index in [0.29, 0.717) is 23.6 Å². The van der Waals surface area contributed by atoms with E-state index in [0.717, 1.165) is 36.0 Å². The molecule has 4 nitrogen and oxygen atoms in total. The first-order valence-corrected chi connectivity index (χ1v) is 13.5. The summed E-state index contributed by atoms with van der Waals surface area (Å²) in [4.78, 5) is 4.47. The van der Waals surface area contributed by atoms with Gasteiger partial charge in [0.1, 0.15) is 0 Å². The van der Waals surface area contributed by atoms with Crippen molar-refractivity contribution < 1.29 is 5.11 Å². The molecule has 3 unspecified atom stereocenters. The summed E-state index contributed by atoms with van der Waals surface area (Å²) in [6, 6.07) is 0. The molecule has 4 fully saturated rings. The maximum atomic E-state index is 11.6. The van der Waals surface area contributed by atoms with Gasteiger partial charge in [-0.05, 0) is 105 Å². The number of hydrogen-bond donors (Lipinski definition) is 3. The molecule has 9 atom stereocenters. The van der Waals surface area contributed by atoms with E-state index in [9.17, 15) is 5.11 Å². The lowest BCUT2D eigenvalue weighted by atomic mass is 9.41. The second kappa shape index (κ2) is 8.96. The lowest BCUT2D eigenvalue weighted by Gasteiger charge is -2.64. The number of nitrogens with zero attached hydrogens (tertiary/aromatic N) is 1. The van der Waals surface area contributed by atoms with Crippen molar-refractivity contribution in [2.24, 2.45) is 62.8 Å². The van der Waals surface area contributed by atoms with E-state index >= 15 is 0 Å². The first-order chi connectivity index (χ1) is 15.1. The summed E-state index contributed by atoms with van der Waals surface area (Å²) in [5.41, 5.74) is 11.7. The zero-order valence-corrected chi connectivity index (χ0v) is 21.2. The smallest absolute Gasteiger partial charge is 0.0847 e. The van der Waals surface area contributed by atoms with Gasteiger partial charge in [0.25, 0.3) is 0 Å². The van der Waals surface area contributed by atoms with Crippen LogP contribution in [0.15, 0.2) is 16.9 Å². The molecule has 0 aromatic heterocycles. The van der Waals surface area contributed by atoms with Gasteiger partial charge < -0.3 is 16.6 Å². The maximum Gasteiger partial charge on any atom is 0.0847 e. The third kappa shape index (κ3) is 4.14. The number of allylic oxidation sites excluding steroid dienone is 1. The van der Waals surface area contributed by atoms with Crippen molar-refractivity contribution in [1.29, 1.82) is 0 Å². The molecule has 182 valence electrons. The van der Waals surface area contributed by atoms with Crippen LogP contribution in [0.2, 0.25) is 0 Å². The Labute approximate surface area is 196 Å². The fourth-order valence-electron chi connectivity index (χ4n) is 9.48. The van der Waals surface area contributed by atoms with E-state index in [4.69, 9.17) is 11.5 Å². The van der Waals surface area contributed by atoms with Gasteiger partial charge in [-0.15, -0.1) is 0 Å². The average Bonchev–Trinajstić information content (AvgIpc) is 2.76. The van der Waals surface area contributed by atoms with Gasteiger partial charge in [0.15, 0.2) is 0 Å². The first-order valence-electron chi connectivity index (χ1n) is 13.5. The normalized spacial score (nSPS) is 46.7. The topological polar surface area (TPSA) is 84.6 Å². The number of rotatable bonds is 5. The molecule has 5 N–H and O–H groups in total.